The fourth-order valence-corrected chi connectivity index (χ4v) is 2.76. The Morgan fingerprint density at radius 1 is 1.17 bits per heavy atom. The molecule has 0 amide bonds. The summed E-state index contributed by atoms with van der Waals surface area (Å²) >= 11 is 1.62. The van der Waals surface area contributed by atoms with Crippen molar-refractivity contribution in [2.75, 3.05) is 7.11 Å². The van der Waals surface area contributed by atoms with Gasteiger partial charge in [0, 0.05) is 6.42 Å². The highest BCUT2D eigenvalue weighted by molar-refractivity contribution is 7.97. The van der Waals surface area contributed by atoms with Gasteiger partial charge in [-0.3, -0.25) is 0 Å². The highest BCUT2D eigenvalue weighted by Crippen LogP contribution is 2.27. The van der Waals surface area contributed by atoms with Crippen LogP contribution < -0.4 is 4.74 Å². The lowest BCUT2D eigenvalue weighted by atomic mass is 10.2. The van der Waals surface area contributed by atoms with Gasteiger partial charge in [0.15, 0.2) is 0 Å². The molecule has 0 saturated heterocycles. The third-order valence-corrected chi connectivity index (χ3v) is 4.12. The van der Waals surface area contributed by atoms with E-state index >= 15 is 0 Å². The normalized spacial score (nSPS) is 10.9. The van der Waals surface area contributed by atoms with Crippen molar-refractivity contribution in [1.29, 1.82) is 0 Å². The first-order valence-corrected chi connectivity index (χ1v) is 8.43. The monoisotopic (exact) mass is 331 g/mol. The number of benzene rings is 1. The fraction of sp³-hybridized carbons (Fsp3) is 0.312. The van der Waals surface area contributed by atoms with Gasteiger partial charge in [-0.05, 0) is 12.1 Å². The second-order valence-corrected chi connectivity index (χ2v) is 5.76. The van der Waals surface area contributed by atoms with Crippen LogP contribution in [0, 0.1) is 0 Å². The van der Waals surface area contributed by atoms with E-state index in [1.807, 2.05) is 31.2 Å². The Kier molecular flexibility index (Phi) is 4.97. The first-order valence-electron chi connectivity index (χ1n) is 7.27. The number of para-hydroxylation sites is 1. The summed E-state index contributed by atoms with van der Waals surface area (Å²) in [6.45, 7) is 2.04. The average molecular weight is 331 g/mol. The Bertz CT molecular complexity index is 769. The standard InChI is InChI=1S/C16H17N3O3S/c1-3-11-8-17-14(21-11)9-23-10-15-18-16(19-22-15)12-6-4-5-7-13(12)20-2/h4-8H,3,9-10H2,1-2H3. The lowest BCUT2D eigenvalue weighted by Gasteiger charge is -2.02. The maximum Gasteiger partial charge on any atom is 0.236 e. The molecule has 0 N–H and O–H groups in total. The van der Waals surface area contributed by atoms with E-state index in [0.717, 1.165) is 29.4 Å². The summed E-state index contributed by atoms with van der Waals surface area (Å²) in [7, 11) is 1.62. The van der Waals surface area contributed by atoms with Crippen LogP contribution >= 0.6 is 11.8 Å². The molecule has 0 unspecified atom stereocenters. The average Bonchev–Trinajstić information content (AvgIpc) is 3.24. The quantitative estimate of drug-likeness (QED) is 0.653. The SMILES string of the molecule is CCc1cnc(CSCc2nc(-c3ccccc3OC)no2)o1. The van der Waals surface area contributed by atoms with Gasteiger partial charge in [-0.25, -0.2) is 4.98 Å². The van der Waals surface area contributed by atoms with E-state index in [9.17, 15) is 0 Å². The molecule has 0 aliphatic heterocycles. The van der Waals surface area contributed by atoms with Gasteiger partial charge in [-0.2, -0.15) is 4.98 Å². The molecule has 2 aromatic heterocycles. The van der Waals surface area contributed by atoms with E-state index in [4.69, 9.17) is 13.7 Å². The number of nitrogens with zero attached hydrogens (tertiary/aromatic N) is 3. The lowest BCUT2D eigenvalue weighted by molar-refractivity contribution is 0.390. The Morgan fingerprint density at radius 3 is 2.78 bits per heavy atom. The maximum absolute atomic E-state index is 5.56. The second-order valence-electron chi connectivity index (χ2n) is 4.78. The summed E-state index contributed by atoms with van der Waals surface area (Å²) in [5.41, 5.74) is 0.815. The number of hydrogen-bond acceptors (Lipinski definition) is 7. The number of oxazole rings is 1. The van der Waals surface area contributed by atoms with Crippen molar-refractivity contribution >= 4 is 11.8 Å². The minimum atomic E-state index is 0.530. The zero-order valence-electron chi connectivity index (χ0n) is 13.0. The summed E-state index contributed by atoms with van der Waals surface area (Å²) in [6, 6.07) is 7.59. The summed E-state index contributed by atoms with van der Waals surface area (Å²) < 4.78 is 16.2. The molecule has 6 nitrogen and oxygen atoms in total. The van der Waals surface area contributed by atoms with Crippen molar-refractivity contribution < 1.29 is 13.7 Å². The Hall–Kier alpha value is -2.28. The van der Waals surface area contributed by atoms with Crippen LogP contribution in [0.5, 0.6) is 5.75 Å². The molecular formula is C16H17N3O3S. The van der Waals surface area contributed by atoms with Gasteiger partial charge in [-0.1, -0.05) is 24.2 Å². The molecule has 0 aliphatic carbocycles. The molecule has 0 spiro atoms. The summed E-state index contributed by atoms with van der Waals surface area (Å²) in [5, 5.41) is 4.02. The molecule has 0 atom stereocenters. The zero-order chi connectivity index (χ0) is 16.1. The van der Waals surface area contributed by atoms with Crippen molar-refractivity contribution in [3.8, 4) is 17.1 Å². The van der Waals surface area contributed by atoms with E-state index in [1.54, 1.807) is 25.1 Å². The molecule has 23 heavy (non-hydrogen) atoms. The number of methoxy groups -OCH3 is 1. The first-order chi connectivity index (χ1) is 11.3. The molecule has 3 rings (SSSR count). The Labute approximate surface area is 138 Å². The van der Waals surface area contributed by atoms with Crippen LogP contribution in [-0.2, 0) is 17.9 Å². The van der Waals surface area contributed by atoms with Crippen molar-refractivity contribution in [2.45, 2.75) is 24.9 Å². The van der Waals surface area contributed by atoms with Crippen LogP contribution in [0.4, 0.5) is 0 Å². The first kappa shape index (κ1) is 15.6. The maximum atomic E-state index is 5.56. The highest BCUT2D eigenvalue weighted by atomic mass is 32.2. The predicted molar refractivity (Wildman–Crippen MR) is 87.2 cm³/mol. The molecule has 3 aromatic rings. The van der Waals surface area contributed by atoms with Crippen LogP contribution in [0.3, 0.4) is 0 Å². The number of aromatic nitrogens is 3. The van der Waals surface area contributed by atoms with Crippen molar-refractivity contribution in [2.24, 2.45) is 0 Å². The molecule has 0 fully saturated rings. The summed E-state index contributed by atoms with van der Waals surface area (Å²) in [4.78, 5) is 8.64. The van der Waals surface area contributed by atoms with E-state index < -0.39 is 0 Å². The van der Waals surface area contributed by atoms with E-state index in [1.165, 1.54) is 0 Å². The number of ether oxygens (including phenoxy) is 1. The molecule has 0 saturated carbocycles. The Balaban J connectivity index is 1.61. The number of rotatable bonds is 7. The third-order valence-electron chi connectivity index (χ3n) is 3.22. The second kappa shape index (κ2) is 7.32. The van der Waals surface area contributed by atoms with E-state index in [2.05, 4.69) is 15.1 Å². The lowest BCUT2D eigenvalue weighted by Crippen LogP contribution is -1.89. The summed E-state index contributed by atoms with van der Waals surface area (Å²) in [6.07, 6.45) is 2.62. The largest absolute Gasteiger partial charge is 0.496 e. The topological polar surface area (TPSA) is 74.2 Å². The number of aryl methyl sites for hydroxylation is 1. The molecular weight excluding hydrogens is 314 g/mol. The third kappa shape index (κ3) is 3.73. The van der Waals surface area contributed by atoms with Crippen LogP contribution in [0.15, 0.2) is 39.4 Å². The van der Waals surface area contributed by atoms with Gasteiger partial charge in [0.2, 0.25) is 17.6 Å². The van der Waals surface area contributed by atoms with Crippen LogP contribution in [0.25, 0.3) is 11.4 Å². The fourth-order valence-electron chi connectivity index (χ4n) is 2.06. The molecule has 1 aromatic carbocycles. The number of hydrogen-bond donors (Lipinski definition) is 0. The van der Waals surface area contributed by atoms with Crippen LogP contribution in [-0.4, -0.2) is 22.2 Å². The molecule has 7 heteroatoms. The molecule has 0 bridgehead atoms. The molecule has 0 aliphatic rings. The highest BCUT2D eigenvalue weighted by Gasteiger charge is 2.13. The smallest absolute Gasteiger partial charge is 0.236 e. The van der Waals surface area contributed by atoms with Crippen molar-refractivity contribution in [1.82, 2.24) is 15.1 Å². The van der Waals surface area contributed by atoms with Gasteiger partial charge in [0.1, 0.15) is 11.5 Å². The van der Waals surface area contributed by atoms with Gasteiger partial charge < -0.3 is 13.7 Å². The molecule has 120 valence electrons. The van der Waals surface area contributed by atoms with E-state index in [0.29, 0.717) is 23.2 Å². The van der Waals surface area contributed by atoms with Gasteiger partial charge in [0.25, 0.3) is 0 Å². The Morgan fingerprint density at radius 2 is 2.00 bits per heavy atom. The van der Waals surface area contributed by atoms with Crippen molar-refractivity contribution in [3.05, 3.63) is 48.0 Å². The van der Waals surface area contributed by atoms with Crippen LogP contribution in [0.2, 0.25) is 0 Å². The van der Waals surface area contributed by atoms with Crippen molar-refractivity contribution in [3.63, 3.8) is 0 Å². The molecule has 2 heterocycles. The minimum Gasteiger partial charge on any atom is -0.496 e. The van der Waals surface area contributed by atoms with Crippen LogP contribution in [0.1, 0.15) is 24.5 Å². The van der Waals surface area contributed by atoms with Gasteiger partial charge in [-0.15, -0.1) is 11.8 Å². The number of thioether (sulfide) groups is 1. The van der Waals surface area contributed by atoms with Gasteiger partial charge >= 0.3 is 0 Å². The minimum absolute atomic E-state index is 0.530. The zero-order valence-corrected chi connectivity index (χ0v) is 13.8. The van der Waals surface area contributed by atoms with Gasteiger partial charge in [0.05, 0.1) is 30.4 Å². The molecule has 0 radical (unpaired) electrons. The summed E-state index contributed by atoms with van der Waals surface area (Å²) in [5.74, 6) is 4.71. The predicted octanol–water partition coefficient (Wildman–Crippen LogP) is 3.73. The van der Waals surface area contributed by atoms with E-state index in [-0.39, 0.29) is 0 Å².